The summed E-state index contributed by atoms with van der Waals surface area (Å²) in [6.07, 6.45) is 0. The molecule has 0 bridgehead atoms. The number of hydrogen-bond acceptors (Lipinski definition) is 4. The maximum atomic E-state index is 5.38. The monoisotopic (exact) mass is 218 g/mol. The maximum Gasteiger partial charge on any atom is 0.0594 e. The number of ether oxygens (including phenoxy) is 1. The van der Waals surface area contributed by atoms with Gasteiger partial charge in [0.15, 0.2) is 0 Å². The standard InChI is InChI=1S/C10H22N2OS/c1-9-7-12(8-10(2)14-9)4-6-13-5-3-11/h9-10H,3-8,11H2,1-2H3. The van der Waals surface area contributed by atoms with E-state index in [1.54, 1.807) is 0 Å². The first-order chi connectivity index (χ1) is 6.72. The van der Waals surface area contributed by atoms with Gasteiger partial charge in [-0.05, 0) is 0 Å². The van der Waals surface area contributed by atoms with E-state index >= 15 is 0 Å². The second kappa shape index (κ2) is 6.67. The molecule has 14 heavy (non-hydrogen) atoms. The molecule has 1 aliphatic rings. The van der Waals surface area contributed by atoms with E-state index in [1.165, 1.54) is 13.1 Å². The van der Waals surface area contributed by atoms with Crippen LogP contribution in [0.15, 0.2) is 0 Å². The van der Waals surface area contributed by atoms with Crippen molar-refractivity contribution in [2.75, 3.05) is 39.4 Å². The molecule has 2 N–H and O–H groups in total. The van der Waals surface area contributed by atoms with E-state index in [0.717, 1.165) is 23.7 Å². The fourth-order valence-corrected chi connectivity index (χ4v) is 3.23. The van der Waals surface area contributed by atoms with Crippen LogP contribution in [0.5, 0.6) is 0 Å². The zero-order valence-corrected chi connectivity index (χ0v) is 10.1. The highest BCUT2D eigenvalue weighted by molar-refractivity contribution is 8.00. The number of hydrogen-bond donors (Lipinski definition) is 1. The van der Waals surface area contributed by atoms with E-state index in [0.29, 0.717) is 13.2 Å². The molecule has 1 rings (SSSR count). The van der Waals surface area contributed by atoms with Crippen molar-refractivity contribution in [3.05, 3.63) is 0 Å². The third kappa shape index (κ3) is 4.64. The lowest BCUT2D eigenvalue weighted by molar-refractivity contribution is 0.108. The van der Waals surface area contributed by atoms with E-state index in [4.69, 9.17) is 10.5 Å². The van der Waals surface area contributed by atoms with Gasteiger partial charge in [-0.3, -0.25) is 4.90 Å². The van der Waals surface area contributed by atoms with Crippen molar-refractivity contribution in [3.63, 3.8) is 0 Å². The highest BCUT2D eigenvalue weighted by atomic mass is 32.2. The third-order valence-corrected chi connectivity index (χ3v) is 3.54. The van der Waals surface area contributed by atoms with Crippen LogP contribution in [-0.2, 0) is 4.74 Å². The van der Waals surface area contributed by atoms with Gasteiger partial charge in [0.2, 0.25) is 0 Å². The van der Waals surface area contributed by atoms with Gasteiger partial charge in [0, 0.05) is 36.7 Å². The molecule has 84 valence electrons. The average Bonchev–Trinajstić information content (AvgIpc) is 2.11. The molecule has 0 aromatic heterocycles. The molecule has 2 unspecified atom stereocenters. The minimum Gasteiger partial charge on any atom is -0.379 e. The second-order valence-electron chi connectivity index (χ2n) is 3.92. The van der Waals surface area contributed by atoms with Crippen molar-refractivity contribution in [1.29, 1.82) is 0 Å². The van der Waals surface area contributed by atoms with Crippen molar-refractivity contribution in [2.24, 2.45) is 5.73 Å². The summed E-state index contributed by atoms with van der Waals surface area (Å²) in [4.78, 5) is 2.49. The number of nitrogens with zero attached hydrogens (tertiary/aromatic N) is 1. The molecular weight excluding hydrogens is 196 g/mol. The van der Waals surface area contributed by atoms with Crippen LogP contribution in [0, 0.1) is 0 Å². The van der Waals surface area contributed by atoms with Gasteiger partial charge in [0.25, 0.3) is 0 Å². The normalized spacial score (nSPS) is 29.4. The minimum absolute atomic E-state index is 0.628. The molecule has 3 nitrogen and oxygen atoms in total. The topological polar surface area (TPSA) is 38.5 Å². The van der Waals surface area contributed by atoms with Gasteiger partial charge in [0.1, 0.15) is 0 Å². The highest BCUT2D eigenvalue weighted by Gasteiger charge is 2.21. The summed E-state index contributed by atoms with van der Waals surface area (Å²) in [5.74, 6) is 0. The predicted octanol–water partition coefficient (Wildman–Crippen LogP) is 0.788. The average molecular weight is 218 g/mol. The van der Waals surface area contributed by atoms with Crippen molar-refractivity contribution in [3.8, 4) is 0 Å². The molecule has 0 aromatic rings. The van der Waals surface area contributed by atoms with Crippen LogP contribution in [0.25, 0.3) is 0 Å². The summed E-state index contributed by atoms with van der Waals surface area (Å²) in [5.41, 5.74) is 5.35. The van der Waals surface area contributed by atoms with Crippen LogP contribution in [0.2, 0.25) is 0 Å². The summed E-state index contributed by atoms with van der Waals surface area (Å²) in [7, 11) is 0. The summed E-state index contributed by atoms with van der Waals surface area (Å²) < 4.78 is 5.38. The Balaban J connectivity index is 2.10. The van der Waals surface area contributed by atoms with E-state index in [1.807, 2.05) is 0 Å². The zero-order valence-electron chi connectivity index (χ0n) is 9.24. The molecule has 0 spiro atoms. The summed E-state index contributed by atoms with van der Waals surface area (Å²) in [5, 5.41) is 1.52. The Morgan fingerprint density at radius 2 is 1.93 bits per heavy atom. The quantitative estimate of drug-likeness (QED) is 0.692. The predicted molar refractivity (Wildman–Crippen MR) is 62.8 cm³/mol. The van der Waals surface area contributed by atoms with Gasteiger partial charge in [0.05, 0.1) is 13.2 Å². The lowest BCUT2D eigenvalue weighted by atomic mass is 10.3. The molecule has 1 saturated heterocycles. The zero-order chi connectivity index (χ0) is 10.4. The smallest absolute Gasteiger partial charge is 0.0594 e. The van der Waals surface area contributed by atoms with Gasteiger partial charge in [-0.2, -0.15) is 11.8 Å². The Morgan fingerprint density at radius 1 is 1.29 bits per heavy atom. The van der Waals surface area contributed by atoms with Gasteiger partial charge >= 0.3 is 0 Å². The number of rotatable bonds is 5. The molecule has 0 radical (unpaired) electrons. The van der Waals surface area contributed by atoms with Gasteiger partial charge < -0.3 is 10.5 Å². The largest absolute Gasteiger partial charge is 0.379 e. The van der Waals surface area contributed by atoms with E-state index in [2.05, 4.69) is 30.5 Å². The van der Waals surface area contributed by atoms with Crippen LogP contribution in [0.3, 0.4) is 0 Å². The fraction of sp³-hybridized carbons (Fsp3) is 1.00. The lowest BCUT2D eigenvalue weighted by Crippen LogP contribution is -2.42. The van der Waals surface area contributed by atoms with Crippen molar-refractivity contribution >= 4 is 11.8 Å². The van der Waals surface area contributed by atoms with Crippen molar-refractivity contribution in [2.45, 2.75) is 24.3 Å². The summed E-state index contributed by atoms with van der Waals surface area (Å²) >= 11 is 2.09. The van der Waals surface area contributed by atoms with E-state index in [-0.39, 0.29) is 0 Å². The second-order valence-corrected chi connectivity index (χ2v) is 5.80. The first kappa shape index (κ1) is 12.3. The van der Waals surface area contributed by atoms with Crippen LogP contribution in [0.4, 0.5) is 0 Å². The van der Waals surface area contributed by atoms with E-state index in [9.17, 15) is 0 Å². The van der Waals surface area contributed by atoms with Crippen LogP contribution in [-0.4, -0.2) is 54.8 Å². The van der Waals surface area contributed by atoms with Gasteiger partial charge in [-0.25, -0.2) is 0 Å². The van der Waals surface area contributed by atoms with Crippen LogP contribution in [0.1, 0.15) is 13.8 Å². The Bertz CT molecular complexity index is 147. The van der Waals surface area contributed by atoms with Crippen molar-refractivity contribution < 1.29 is 4.74 Å². The molecule has 4 heteroatoms. The molecule has 1 heterocycles. The molecule has 1 aliphatic heterocycles. The number of nitrogens with two attached hydrogens (primary N) is 1. The fourth-order valence-electron chi connectivity index (χ4n) is 1.85. The first-order valence-corrected chi connectivity index (χ1v) is 6.32. The van der Waals surface area contributed by atoms with E-state index < -0.39 is 0 Å². The van der Waals surface area contributed by atoms with Crippen LogP contribution < -0.4 is 5.73 Å². The van der Waals surface area contributed by atoms with Crippen molar-refractivity contribution in [1.82, 2.24) is 4.90 Å². The minimum atomic E-state index is 0.628. The summed E-state index contributed by atoms with van der Waals surface area (Å²) in [6.45, 7) is 10.2. The lowest BCUT2D eigenvalue weighted by Gasteiger charge is -2.34. The molecule has 0 aliphatic carbocycles. The van der Waals surface area contributed by atoms with Gasteiger partial charge in [-0.15, -0.1) is 0 Å². The van der Waals surface area contributed by atoms with Crippen LogP contribution >= 0.6 is 11.8 Å². The first-order valence-electron chi connectivity index (χ1n) is 5.38. The third-order valence-electron chi connectivity index (χ3n) is 2.31. The highest BCUT2D eigenvalue weighted by Crippen LogP contribution is 2.24. The van der Waals surface area contributed by atoms with Gasteiger partial charge in [-0.1, -0.05) is 13.8 Å². The Kier molecular flexibility index (Phi) is 5.86. The SMILES string of the molecule is CC1CN(CCOCCN)CC(C)S1. The summed E-state index contributed by atoms with van der Waals surface area (Å²) in [6, 6.07) is 0. The molecule has 0 amide bonds. The molecule has 2 atom stereocenters. The molecule has 0 aromatic carbocycles. The molecular formula is C10H22N2OS. The number of thioether (sulfide) groups is 1. The Morgan fingerprint density at radius 3 is 2.50 bits per heavy atom. The molecule has 1 fully saturated rings. The molecule has 0 saturated carbocycles. The maximum absolute atomic E-state index is 5.38. The Hall–Kier alpha value is 0.230. The Labute approximate surface area is 91.4 Å².